The largest absolute Gasteiger partial charge is 0.356 e. The van der Waals surface area contributed by atoms with Crippen LogP contribution in [-0.4, -0.2) is 62.8 Å². The van der Waals surface area contributed by atoms with Crippen LogP contribution in [0.3, 0.4) is 0 Å². The van der Waals surface area contributed by atoms with E-state index in [9.17, 15) is 13.2 Å². The van der Waals surface area contributed by atoms with Gasteiger partial charge in [0.15, 0.2) is 0 Å². The smallest absolute Gasteiger partial charge is 0.223 e. The van der Waals surface area contributed by atoms with E-state index in [-0.39, 0.29) is 17.6 Å². The van der Waals surface area contributed by atoms with E-state index >= 15 is 0 Å². The van der Waals surface area contributed by atoms with E-state index in [4.69, 9.17) is 0 Å². The summed E-state index contributed by atoms with van der Waals surface area (Å²) in [6.07, 6.45) is 4.73. The first-order valence-corrected chi connectivity index (χ1v) is 13.0. The summed E-state index contributed by atoms with van der Waals surface area (Å²) < 4.78 is 27.0. The Balaban J connectivity index is 1.36. The van der Waals surface area contributed by atoms with Crippen LogP contribution in [0.5, 0.6) is 0 Å². The van der Waals surface area contributed by atoms with Crippen LogP contribution in [0.4, 0.5) is 0 Å². The number of piperidine rings is 2. The molecule has 2 heterocycles. The highest BCUT2D eigenvalue weighted by molar-refractivity contribution is 7.88. The van der Waals surface area contributed by atoms with Gasteiger partial charge in [0.1, 0.15) is 0 Å². The van der Waals surface area contributed by atoms with Gasteiger partial charge < -0.3 is 10.2 Å². The van der Waals surface area contributed by atoms with E-state index in [1.807, 2.05) is 31.2 Å². The minimum absolute atomic E-state index is 0.0286. The van der Waals surface area contributed by atoms with Gasteiger partial charge in [-0.25, -0.2) is 12.7 Å². The summed E-state index contributed by atoms with van der Waals surface area (Å²) >= 11 is 0. The lowest BCUT2D eigenvalue weighted by Crippen LogP contribution is -2.43. The van der Waals surface area contributed by atoms with Crippen molar-refractivity contribution in [2.45, 2.75) is 51.7 Å². The van der Waals surface area contributed by atoms with Gasteiger partial charge in [0, 0.05) is 25.6 Å². The Morgan fingerprint density at radius 2 is 1.80 bits per heavy atom. The normalized spacial score (nSPS) is 20.3. The van der Waals surface area contributed by atoms with E-state index in [1.165, 1.54) is 25.9 Å². The van der Waals surface area contributed by atoms with Crippen molar-refractivity contribution >= 4 is 15.9 Å². The van der Waals surface area contributed by atoms with Crippen molar-refractivity contribution in [1.82, 2.24) is 14.5 Å². The van der Waals surface area contributed by atoms with Crippen LogP contribution in [0, 0.1) is 18.8 Å². The van der Waals surface area contributed by atoms with Gasteiger partial charge in [-0.05, 0) is 70.1 Å². The zero-order chi connectivity index (χ0) is 21.6. The number of rotatable bonds is 8. The molecule has 0 unspecified atom stereocenters. The molecule has 0 aromatic heterocycles. The number of sulfonamides is 1. The summed E-state index contributed by atoms with van der Waals surface area (Å²) in [4.78, 5) is 15.0. The summed E-state index contributed by atoms with van der Waals surface area (Å²) in [6, 6.07) is 7.63. The summed E-state index contributed by atoms with van der Waals surface area (Å²) in [5, 5.41) is 3.07. The first kappa shape index (κ1) is 23.2. The maximum atomic E-state index is 12.7. The number of nitrogens with one attached hydrogen (secondary N) is 1. The fourth-order valence-corrected chi connectivity index (χ4v) is 5.99. The second-order valence-electron chi connectivity index (χ2n) is 9.09. The maximum Gasteiger partial charge on any atom is 0.223 e. The molecular weight excluding hydrogens is 398 g/mol. The number of carbonyl (C=O) groups is 1. The van der Waals surface area contributed by atoms with Gasteiger partial charge in [0.25, 0.3) is 0 Å². The SMILES string of the molecule is Cc1cccc(CS(=O)(=O)N2CCC(C(=O)NCCCN3CCC(C)CC3)CC2)c1. The Kier molecular flexibility index (Phi) is 8.31. The Hall–Kier alpha value is -1.44. The van der Waals surface area contributed by atoms with Crippen molar-refractivity contribution < 1.29 is 13.2 Å². The number of carbonyl (C=O) groups excluding carboxylic acids is 1. The Labute approximate surface area is 182 Å². The molecule has 2 saturated heterocycles. The molecule has 1 N–H and O–H groups in total. The fourth-order valence-electron chi connectivity index (χ4n) is 4.44. The maximum absolute atomic E-state index is 12.7. The first-order chi connectivity index (χ1) is 14.3. The molecule has 0 saturated carbocycles. The highest BCUT2D eigenvalue weighted by Crippen LogP contribution is 2.22. The summed E-state index contributed by atoms with van der Waals surface area (Å²) in [5.74, 6) is 0.873. The molecule has 2 aliphatic heterocycles. The zero-order valence-electron chi connectivity index (χ0n) is 18.5. The minimum atomic E-state index is -3.34. The van der Waals surface area contributed by atoms with E-state index in [0.717, 1.165) is 30.0 Å². The first-order valence-electron chi connectivity index (χ1n) is 11.4. The van der Waals surface area contributed by atoms with Crippen molar-refractivity contribution in [3.05, 3.63) is 35.4 Å². The van der Waals surface area contributed by atoms with Crippen LogP contribution in [0.25, 0.3) is 0 Å². The Bertz CT molecular complexity index is 796. The molecule has 0 aliphatic carbocycles. The van der Waals surface area contributed by atoms with Gasteiger partial charge >= 0.3 is 0 Å². The molecule has 2 fully saturated rings. The third-order valence-corrected chi connectivity index (χ3v) is 8.33. The van der Waals surface area contributed by atoms with E-state index in [2.05, 4.69) is 17.1 Å². The molecule has 2 aliphatic rings. The Morgan fingerprint density at radius 1 is 1.10 bits per heavy atom. The molecule has 7 heteroatoms. The van der Waals surface area contributed by atoms with Crippen LogP contribution in [0.15, 0.2) is 24.3 Å². The number of nitrogens with zero attached hydrogens (tertiary/aromatic N) is 2. The fraction of sp³-hybridized carbons (Fsp3) is 0.696. The van der Waals surface area contributed by atoms with Crippen molar-refractivity contribution in [2.24, 2.45) is 11.8 Å². The molecule has 1 aromatic rings. The van der Waals surface area contributed by atoms with Crippen molar-refractivity contribution in [3.63, 3.8) is 0 Å². The van der Waals surface area contributed by atoms with E-state index < -0.39 is 10.0 Å². The lowest BCUT2D eigenvalue weighted by Gasteiger charge is -2.31. The van der Waals surface area contributed by atoms with Crippen molar-refractivity contribution in [2.75, 3.05) is 39.3 Å². The number of amides is 1. The van der Waals surface area contributed by atoms with Gasteiger partial charge in [-0.2, -0.15) is 0 Å². The van der Waals surface area contributed by atoms with Crippen LogP contribution in [0.1, 0.15) is 50.2 Å². The predicted octanol–water partition coefficient (Wildman–Crippen LogP) is 2.78. The molecule has 0 bridgehead atoms. The average molecular weight is 436 g/mol. The van der Waals surface area contributed by atoms with Crippen LogP contribution >= 0.6 is 0 Å². The molecule has 0 atom stereocenters. The highest BCUT2D eigenvalue weighted by Gasteiger charge is 2.31. The zero-order valence-corrected chi connectivity index (χ0v) is 19.3. The van der Waals surface area contributed by atoms with Gasteiger partial charge in [0.2, 0.25) is 15.9 Å². The third kappa shape index (κ3) is 6.79. The van der Waals surface area contributed by atoms with Crippen LogP contribution < -0.4 is 5.32 Å². The highest BCUT2D eigenvalue weighted by atomic mass is 32.2. The molecule has 1 amide bonds. The second kappa shape index (κ2) is 10.7. The molecule has 3 rings (SSSR count). The quantitative estimate of drug-likeness (QED) is 0.638. The molecule has 0 radical (unpaired) electrons. The molecule has 30 heavy (non-hydrogen) atoms. The standard InChI is InChI=1S/C23H37N3O3S/c1-19-7-13-25(14-8-19)12-4-11-24-23(27)22-9-15-26(16-10-22)30(28,29)18-21-6-3-5-20(2)17-21/h3,5-6,17,19,22H,4,7-16,18H2,1-2H3,(H,24,27). The molecular formula is C23H37N3O3S. The third-order valence-electron chi connectivity index (χ3n) is 6.48. The predicted molar refractivity (Wildman–Crippen MR) is 121 cm³/mol. The second-order valence-corrected chi connectivity index (χ2v) is 11.1. The molecule has 168 valence electrons. The number of likely N-dealkylation sites (tertiary alicyclic amines) is 1. The molecule has 6 nitrogen and oxygen atoms in total. The molecule has 0 spiro atoms. The lowest BCUT2D eigenvalue weighted by atomic mass is 9.97. The number of benzene rings is 1. The van der Waals surface area contributed by atoms with Crippen molar-refractivity contribution in [3.8, 4) is 0 Å². The van der Waals surface area contributed by atoms with Gasteiger partial charge in [-0.15, -0.1) is 0 Å². The summed E-state index contributed by atoms with van der Waals surface area (Å²) in [5.41, 5.74) is 1.88. The lowest BCUT2D eigenvalue weighted by molar-refractivity contribution is -0.126. The Morgan fingerprint density at radius 3 is 2.47 bits per heavy atom. The molecule has 1 aromatic carbocycles. The van der Waals surface area contributed by atoms with Gasteiger partial charge in [-0.3, -0.25) is 4.79 Å². The van der Waals surface area contributed by atoms with Crippen molar-refractivity contribution in [1.29, 1.82) is 0 Å². The van der Waals surface area contributed by atoms with Gasteiger partial charge in [0.05, 0.1) is 5.75 Å². The summed E-state index contributed by atoms with van der Waals surface area (Å²) in [6.45, 7) is 9.23. The monoisotopic (exact) mass is 435 g/mol. The number of aryl methyl sites for hydroxylation is 1. The van der Waals surface area contributed by atoms with E-state index in [1.54, 1.807) is 4.31 Å². The number of hydrogen-bond donors (Lipinski definition) is 1. The number of hydrogen-bond acceptors (Lipinski definition) is 4. The minimum Gasteiger partial charge on any atom is -0.356 e. The van der Waals surface area contributed by atoms with E-state index in [0.29, 0.717) is 32.5 Å². The average Bonchev–Trinajstić information content (AvgIpc) is 2.72. The van der Waals surface area contributed by atoms with Crippen LogP contribution in [0.2, 0.25) is 0 Å². The van der Waals surface area contributed by atoms with Gasteiger partial charge in [-0.1, -0.05) is 36.8 Å². The van der Waals surface area contributed by atoms with Crippen LogP contribution in [-0.2, 0) is 20.6 Å². The summed E-state index contributed by atoms with van der Waals surface area (Å²) in [7, 11) is -3.34. The topological polar surface area (TPSA) is 69.7 Å².